The molecule has 0 radical (unpaired) electrons. The van der Waals surface area contributed by atoms with Gasteiger partial charge in [0, 0.05) is 36.5 Å². The van der Waals surface area contributed by atoms with Crippen LogP contribution in [0.15, 0.2) is 42.5 Å². The lowest BCUT2D eigenvalue weighted by molar-refractivity contribution is -0.384. The molecule has 1 unspecified atom stereocenters. The number of carbonyl (C=O) groups is 2. The molecule has 0 saturated carbocycles. The lowest BCUT2D eigenvalue weighted by atomic mass is 10.0. The van der Waals surface area contributed by atoms with Crippen molar-refractivity contribution in [3.63, 3.8) is 0 Å². The third-order valence-corrected chi connectivity index (χ3v) is 4.36. The number of carbonyl (C=O) groups excluding carboxylic acids is 2. The number of non-ortho nitro benzene ring substituents is 1. The van der Waals surface area contributed by atoms with Gasteiger partial charge in [-0.2, -0.15) is 0 Å². The number of hydrogen-bond donors (Lipinski definition) is 3. The maximum absolute atomic E-state index is 12.6. The molecule has 2 aromatic carbocycles. The third kappa shape index (κ3) is 4.12. The highest BCUT2D eigenvalue weighted by molar-refractivity contribution is 5.98. The van der Waals surface area contributed by atoms with E-state index in [9.17, 15) is 19.7 Å². The van der Waals surface area contributed by atoms with Crippen LogP contribution in [0.5, 0.6) is 0 Å². The summed E-state index contributed by atoms with van der Waals surface area (Å²) in [6.07, 6.45) is 0.860. The highest BCUT2D eigenvalue weighted by atomic mass is 16.6. The van der Waals surface area contributed by atoms with Crippen LogP contribution in [0.3, 0.4) is 0 Å². The molecule has 1 heterocycles. The van der Waals surface area contributed by atoms with E-state index < -0.39 is 11.0 Å². The molecule has 3 N–H and O–H groups in total. The molecule has 3 rings (SSSR count). The summed E-state index contributed by atoms with van der Waals surface area (Å²) in [4.78, 5) is 34.9. The smallest absolute Gasteiger partial charge is 0.269 e. The Hall–Kier alpha value is -3.26. The number of anilines is 1. The fourth-order valence-corrected chi connectivity index (χ4v) is 2.96. The van der Waals surface area contributed by atoms with E-state index in [4.69, 9.17) is 0 Å². The monoisotopic (exact) mass is 368 g/mol. The van der Waals surface area contributed by atoms with Crippen molar-refractivity contribution in [3.8, 4) is 0 Å². The van der Waals surface area contributed by atoms with Crippen LogP contribution in [0.2, 0.25) is 0 Å². The van der Waals surface area contributed by atoms with Crippen LogP contribution < -0.4 is 16.0 Å². The van der Waals surface area contributed by atoms with Crippen LogP contribution in [0.4, 0.5) is 11.4 Å². The second-order valence-electron chi connectivity index (χ2n) is 6.28. The number of rotatable bonds is 6. The zero-order valence-electron chi connectivity index (χ0n) is 14.8. The lowest BCUT2D eigenvalue weighted by Crippen LogP contribution is -2.28. The van der Waals surface area contributed by atoms with Gasteiger partial charge in [0.1, 0.15) is 6.04 Å². The summed E-state index contributed by atoms with van der Waals surface area (Å²) in [5, 5.41) is 19.5. The van der Waals surface area contributed by atoms with Crippen LogP contribution >= 0.6 is 0 Å². The van der Waals surface area contributed by atoms with Crippen LogP contribution in [-0.2, 0) is 11.3 Å². The normalized spacial score (nSPS) is 15.1. The van der Waals surface area contributed by atoms with E-state index in [1.165, 1.54) is 12.1 Å². The molecular weight excluding hydrogens is 348 g/mol. The predicted octanol–water partition coefficient (Wildman–Crippen LogP) is 2.52. The fraction of sp³-hybridized carbons (Fsp3) is 0.263. The first-order chi connectivity index (χ1) is 13.0. The molecule has 0 aromatic heterocycles. The minimum atomic E-state index is -0.576. The van der Waals surface area contributed by atoms with Gasteiger partial charge in [-0.05, 0) is 47.9 Å². The number of hydrogen-bond acceptors (Lipinski definition) is 5. The van der Waals surface area contributed by atoms with Crippen molar-refractivity contribution >= 4 is 23.2 Å². The van der Waals surface area contributed by atoms with Gasteiger partial charge in [0.25, 0.3) is 11.6 Å². The average molecular weight is 368 g/mol. The summed E-state index contributed by atoms with van der Waals surface area (Å²) >= 11 is 0. The molecule has 8 nitrogen and oxygen atoms in total. The number of nitrogens with one attached hydrogen (secondary N) is 3. The summed E-state index contributed by atoms with van der Waals surface area (Å²) in [5.74, 6) is -0.409. The second-order valence-corrected chi connectivity index (χ2v) is 6.28. The molecule has 0 saturated heterocycles. The zero-order chi connectivity index (χ0) is 19.4. The Balaban J connectivity index is 1.67. The molecule has 0 aliphatic carbocycles. The van der Waals surface area contributed by atoms with E-state index >= 15 is 0 Å². The van der Waals surface area contributed by atoms with Gasteiger partial charge in [-0.1, -0.05) is 6.92 Å². The van der Waals surface area contributed by atoms with Crippen molar-refractivity contribution in [1.29, 1.82) is 0 Å². The SMILES string of the molecule is CCCNC(=O)c1ccc(NC(=O)C2NCc3cc([N+](=O)[O-])ccc32)cc1. The van der Waals surface area contributed by atoms with Crippen molar-refractivity contribution in [2.45, 2.75) is 25.9 Å². The minimum Gasteiger partial charge on any atom is -0.352 e. The Morgan fingerprint density at radius 1 is 1.22 bits per heavy atom. The Morgan fingerprint density at radius 2 is 1.96 bits per heavy atom. The minimum absolute atomic E-state index is 0.00791. The number of nitro groups is 1. The van der Waals surface area contributed by atoms with Crippen LogP contribution in [-0.4, -0.2) is 23.3 Å². The van der Waals surface area contributed by atoms with E-state index in [0.29, 0.717) is 24.3 Å². The molecule has 1 atom stereocenters. The fourth-order valence-electron chi connectivity index (χ4n) is 2.96. The van der Waals surface area contributed by atoms with Crippen molar-refractivity contribution in [2.24, 2.45) is 0 Å². The number of nitro benzene ring substituents is 1. The predicted molar refractivity (Wildman–Crippen MR) is 100 cm³/mol. The van der Waals surface area contributed by atoms with E-state index in [1.54, 1.807) is 30.3 Å². The average Bonchev–Trinajstić information content (AvgIpc) is 3.10. The Kier molecular flexibility index (Phi) is 5.46. The summed E-state index contributed by atoms with van der Waals surface area (Å²) < 4.78 is 0. The lowest BCUT2D eigenvalue weighted by Gasteiger charge is -2.13. The van der Waals surface area contributed by atoms with E-state index in [1.807, 2.05) is 6.92 Å². The van der Waals surface area contributed by atoms with Gasteiger partial charge in [0.2, 0.25) is 5.91 Å². The molecule has 1 aliphatic heterocycles. The van der Waals surface area contributed by atoms with Gasteiger partial charge in [-0.25, -0.2) is 0 Å². The molecule has 0 fully saturated rings. The first kappa shape index (κ1) is 18.5. The van der Waals surface area contributed by atoms with Crippen molar-refractivity contribution in [1.82, 2.24) is 10.6 Å². The first-order valence-electron chi connectivity index (χ1n) is 8.69. The molecule has 140 valence electrons. The molecule has 1 aliphatic rings. The summed E-state index contributed by atoms with van der Waals surface area (Å²) in [6.45, 7) is 2.99. The molecular formula is C19H20N4O4. The van der Waals surface area contributed by atoms with Gasteiger partial charge >= 0.3 is 0 Å². The number of amides is 2. The quantitative estimate of drug-likeness (QED) is 0.536. The summed E-state index contributed by atoms with van der Waals surface area (Å²) in [6, 6.07) is 10.6. The standard InChI is InChI=1S/C19H20N4O4/c1-2-9-20-18(24)12-3-5-14(6-4-12)22-19(25)17-16-8-7-15(23(26)27)10-13(16)11-21-17/h3-8,10,17,21H,2,9,11H2,1H3,(H,20,24)(H,22,25). The first-order valence-corrected chi connectivity index (χ1v) is 8.69. The van der Waals surface area contributed by atoms with Gasteiger partial charge in [-0.15, -0.1) is 0 Å². The Bertz CT molecular complexity index is 880. The molecule has 2 amide bonds. The van der Waals surface area contributed by atoms with Crippen LogP contribution in [0, 0.1) is 10.1 Å². The maximum Gasteiger partial charge on any atom is 0.269 e. The van der Waals surface area contributed by atoms with Gasteiger partial charge < -0.3 is 10.6 Å². The molecule has 27 heavy (non-hydrogen) atoms. The largest absolute Gasteiger partial charge is 0.352 e. The number of nitrogens with zero attached hydrogens (tertiary/aromatic N) is 1. The van der Waals surface area contributed by atoms with Crippen molar-refractivity contribution < 1.29 is 14.5 Å². The van der Waals surface area contributed by atoms with E-state index in [-0.39, 0.29) is 17.5 Å². The van der Waals surface area contributed by atoms with Crippen LogP contribution in [0.1, 0.15) is 40.9 Å². The Morgan fingerprint density at radius 3 is 2.63 bits per heavy atom. The Labute approximate surface area is 156 Å². The van der Waals surface area contributed by atoms with E-state index in [0.717, 1.165) is 17.5 Å². The third-order valence-electron chi connectivity index (χ3n) is 4.36. The number of fused-ring (bicyclic) bond motifs is 1. The van der Waals surface area contributed by atoms with E-state index in [2.05, 4.69) is 16.0 Å². The highest BCUT2D eigenvalue weighted by Crippen LogP contribution is 2.29. The molecule has 0 bridgehead atoms. The molecule has 2 aromatic rings. The topological polar surface area (TPSA) is 113 Å². The second kappa shape index (κ2) is 7.96. The molecule has 8 heteroatoms. The van der Waals surface area contributed by atoms with Gasteiger partial charge in [0.05, 0.1) is 4.92 Å². The molecule has 0 spiro atoms. The van der Waals surface area contributed by atoms with Crippen molar-refractivity contribution in [3.05, 3.63) is 69.3 Å². The maximum atomic E-state index is 12.6. The van der Waals surface area contributed by atoms with Crippen LogP contribution in [0.25, 0.3) is 0 Å². The summed E-state index contributed by atoms with van der Waals surface area (Å²) in [5.41, 5.74) is 2.58. The summed E-state index contributed by atoms with van der Waals surface area (Å²) in [7, 11) is 0. The number of benzene rings is 2. The highest BCUT2D eigenvalue weighted by Gasteiger charge is 2.29. The van der Waals surface area contributed by atoms with Gasteiger partial charge in [-0.3, -0.25) is 25.0 Å². The van der Waals surface area contributed by atoms with Crippen molar-refractivity contribution in [2.75, 3.05) is 11.9 Å². The zero-order valence-corrected chi connectivity index (χ0v) is 14.8. The van der Waals surface area contributed by atoms with Gasteiger partial charge in [0.15, 0.2) is 0 Å².